The molecule has 0 fully saturated rings. The number of rotatable bonds is 2. The highest BCUT2D eigenvalue weighted by Gasteiger charge is 2.14. The number of carbonyl (C=O) groups is 2. The van der Waals surface area contributed by atoms with E-state index in [1.165, 1.54) is 36.2 Å². The number of nitrogens with zero attached hydrogens (tertiary/aromatic N) is 1. The third-order valence-corrected chi connectivity index (χ3v) is 3.16. The van der Waals surface area contributed by atoms with E-state index in [9.17, 15) is 0 Å². The van der Waals surface area contributed by atoms with Gasteiger partial charge in [-0.1, -0.05) is 12.1 Å². The maximum atomic E-state index is 9.10. The summed E-state index contributed by atoms with van der Waals surface area (Å²) in [4.78, 5) is 20.6. The molecular formula is C14H20N2O4. The number of hydrogen-bond acceptors (Lipinski definition) is 4. The van der Waals surface area contributed by atoms with Crippen LogP contribution in [0.2, 0.25) is 0 Å². The van der Waals surface area contributed by atoms with E-state index in [4.69, 9.17) is 25.5 Å². The Balaban J connectivity index is 0.000000286. The van der Waals surface area contributed by atoms with Gasteiger partial charge in [-0.25, -0.2) is 9.59 Å². The first-order chi connectivity index (χ1) is 9.49. The number of aliphatic carboxylic acids is 2. The lowest BCUT2D eigenvalue weighted by Gasteiger charge is -2.30. The van der Waals surface area contributed by atoms with Crippen LogP contribution in [0.15, 0.2) is 18.2 Å². The zero-order valence-electron chi connectivity index (χ0n) is 11.5. The van der Waals surface area contributed by atoms with Gasteiger partial charge >= 0.3 is 11.9 Å². The number of carboxylic acids is 2. The van der Waals surface area contributed by atoms with Crippen LogP contribution < -0.4 is 10.6 Å². The van der Waals surface area contributed by atoms with Crippen LogP contribution in [-0.2, 0) is 22.6 Å². The fourth-order valence-corrected chi connectivity index (χ4v) is 2.18. The molecule has 0 aliphatic carbocycles. The molecule has 4 N–H and O–H groups in total. The third-order valence-electron chi connectivity index (χ3n) is 3.16. The lowest BCUT2D eigenvalue weighted by atomic mass is 9.99. The summed E-state index contributed by atoms with van der Waals surface area (Å²) in [5.41, 5.74) is 9.77. The molecule has 0 unspecified atom stereocenters. The van der Waals surface area contributed by atoms with Crippen LogP contribution >= 0.6 is 0 Å². The molecule has 6 nitrogen and oxygen atoms in total. The molecule has 0 radical (unpaired) electrons. The lowest BCUT2D eigenvalue weighted by Crippen LogP contribution is -2.28. The number of aryl methyl sites for hydroxylation is 1. The summed E-state index contributed by atoms with van der Waals surface area (Å²) in [6, 6.07) is 6.63. The van der Waals surface area contributed by atoms with Crippen molar-refractivity contribution >= 4 is 17.6 Å². The Hall–Kier alpha value is -2.08. The zero-order chi connectivity index (χ0) is 15.1. The fourth-order valence-electron chi connectivity index (χ4n) is 2.18. The van der Waals surface area contributed by atoms with Crippen molar-refractivity contribution in [2.75, 3.05) is 18.0 Å². The molecule has 1 aromatic carbocycles. The average molecular weight is 280 g/mol. The van der Waals surface area contributed by atoms with Gasteiger partial charge in [0.25, 0.3) is 0 Å². The van der Waals surface area contributed by atoms with E-state index in [0.717, 1.165) is 6.54 Å². The van der Waals surface area contributed by atoms with Crippen molar-refractivity contribution in [3.8, 4) is 0 Å². The fraction of sp³-hybridized carbons (Fsp3) is 0.429. The van der Waals surface area contributed by atoms with Crippen molar-refractivity contribution in [3.63, 3.8) is 0 Å². The topological polar surface area (TPSA) is 104 Å². The Morgan fingerprint density at radius 1 is 1.30 bits per heavy atom. The first-order valence-corrected chi connectivity index (χ1v) is 6.52. The van der Waals surface area contributed by atoms with Crippen LogP contribution in [0.5, 0.6) is 0 Å². The largest absolute Gasteiger partial charge is 0.473 e. The van der Waals surface area contributed by atoms with E-state index in [1.54, 1.807) is 0 Å². The summed E-state index contributed by atoms with van der Waals surface area (Å²) < 4.78 is 0. The molecule has 0 saturated heterocycles. The predicted octanol–water partition coefficient (Wildman–Crippen LogP) is 1.07. The number of fused-ring (bicyclic) bond motifs is 1. The predicted molar refractivity (Wildman–Crippen MR) is 75.8 cm³/mol. The Morgan fingerprint density at radius 3 is 2.45 bits per heavy atom. The van der Waals surface area contributed by atoms with E-state index < -0.39 is 11.9 Å². The highest BCUT2D eigenvalue weighted by Crippen LogP contribution is 2.27. The number of hydrogen-bond donors (Lipinski definition) is 3. The molecular weight excluding hydrogens is 260 g/mol. The summed E-state index contributed by atoms with van der Waals surface area (Å²) in [5, 5.41) is 14.8. The number of benzene rings is 1. The van der Waals surface area contributed by atoms with Crippen molar-refractivity contribution in [2.45, 2.75) is 26.3 Å². The van der Waals surface area contributed by atoms with Crippen LogP contribution in [0.3, 0.4) is 0 Å². The zero-order valence-corrected chi connectivity index (χ0v) is 11.5. The van der Waals surface area contributed by atoms with Gasteiger partial charge in [0.15, 0.2) is 0 Å². The van der Waals surface area contributed by atoms with Gasteiger partial charge < -0.3 is 20.8 Å². The second-order valence-corrected chi connectivity index (χ2v) is 4.46. The van der Waals surface area contributed by atoms with Gasteiger partial charge in [-0.05, 0) is 37.0 Å². The highest BCUT2D eigenvalue weighted by atomic mass is 16.4. The second-order valence-electron chi connectivity index (χ2n) is 4.46. The molecule has 0 spiro atoms. The molecule has 2 rings (SSSR count). The Kier molecular flexibility index (Phi) is 5.99. The standard InChI is InChI=1S/C12H18N2.C2H2O4/c1-2-14-7-3-4-11-8-10(9-13)5-6-12(11)14;3-1(4)2(5)6/h5-6,8H,2-4,7,9,13H2,1H3;(H,3,4)(H,5,6). The van der Waals surface area contributed by atoms with E-state index in [2.05, 4.69) is 30.0 Å². The lowest BCUT2D eigenvalue weighted by molar-refractivity contribution is -0.159. The summed E-state index contributed by atoms with van der Waals surface area (Å²) >= 11 is 0. The van der Waals surface area contributed by atoms with Crippen LogP contribution in [0.25, 0.3) is 0 Å². The van der Waals surface area contributed by atoms with Crippen molar-refractivity contribution in [1.82, 2.24) is 0 Å². The monoisotopic (exact) mass is 280 g/mol. The van der Waals surface area contributed by atoms with E-state index in [-0.39, 0.29) is 0 Å². The van der Waals surface area contributed by atoms with Gasteiger partial charge in [-0.2, -0.15) is 0 Å². The van der Waals surface area contributed by atoms with Gasteiger partial charge in [-0.15, -0.1) is 0 Å². The minimum absolute atomic E-state index is 0.652. The number of nitrogens with two attached hydrogens (primary N) is 1. The molecule has 110 valence electrons. The average Bonchev–Trinajstić information content (AvgIpc) is 2.46. The van der Waals surface area contributed by atoms with Crippen molar-refractivity contribution in [3.05, 3.63) is 29.3 Å². The van der Waals surface area contributed by atoms with Gasteiger partial charge in [0, 0.05) is 25.3 Å². The van der Waals surface area contributed by atoms with Gasteiger partial charge in [-0.3, -0.25) is 0 Å². The van der Waals surface area contributed by atoms with Crippen molar-refractivity contribution < 1.29 is 19.8 Å². The number of carboxylic acid groups (broad SMARTS) is 2. The maximum absolute atomic E-state index is 9.10. The van der Waals surface area contributed by atoms with Crippen molar-refractivity contribution in [1.29, 1.82) is 0 Å². The molecule has 0 bridgehead atoms. The Labute approximate surface area is 117 Å². The normalized spacial score (nSPS) is 13.0. The first-order valence-electron chi connectivity index (χ1n) is 6.52. The molecule has 20 heavy (non-hydrogen) atoms. The Bertz CT molecular complexity index is 476. The molecule has 1 aliphatic rings. The number of anilines is 1. The smallest absolute Gasteiger partial charge is 0.414 e. The van der Waals surface area contributed by atoms with Crippen LogP contribution in [-0.4, -0.2) is 35.2 Å². The molecule has 0 atom stereocenters. The Morgan fingerprint density at radius 2 is 1.95 bits per heavy atom. The summed E-state index contributed by atoms with van der Waals surface area (Å²) in [5.74, 6) is -3.65. The van der Waals surface area contributed by atoms with Crippen LogP contribution in [0.1, 0.15) is 24.5 Å². The molecule has 1 aliphatic heterocycles. The maximum Gasteiger partial charge on any atom is 0.414 e. The molecule has 0 saturated carbocycles. The highest BCUT2D eigenvalue weighted by molar-refractivity contribution is 6.27. The first kappa shape index (κ1) is 16.0. The van der Waals surface area contributed by atoms with Gasteiger partial charge in [0.05, 0.1) is 0 Å². The summed E-state index contributed by atoms with van der Waals surface area (Å²) in [6.45, 7) is 5.17. The molecule has 0 aromatic heterocycles. The van der Waals surface area contributed by atoms with E-state index >= 15 is 0 Å². The van der Waals surface area contributed by atoms with Crippen molar-refractivity contribution in [2.24, 2.45) is 5.73 Å². The molecule has 1 heterocycles. The SMILES string of the molecule is CCN1CCCc2cc(CN)ccc21.O=C(O)C(=O)O. The molecule has 6 heteroatoms. The van der Waals surface area contributed by atoms with E-state index in [0.29, 0.717) is 6.54 Å². The molecule has 1 aromatic rings. The quantitative estimate of drug-likeness (QED) is 0.700. The second kappa shape index (κ2) is 7.49. The van der Waals surface area contributed by atoms with Gasteiger partial charge in [0.2, 0.25) is 0 Å². The summed E-state index contributed by atoms with van der Waals surface area (Å²) in [7, 11) is 0. The van der Waals surface area contributed by atoms with Gasteiger partial charge in [0.1, 0.15) is 0 Å². The third kappa shape index (κ3) is 4.24. The van der Waals surface area contributed by atoms with Crippen LogP contribution in [0, 0.1) is 0 Å². The van der Waals surface area contributed by atoms with E-state index in [1.807, 2.05) is 0 Å². The minimum atomic E-state index is -1.82. The van der Waals surface area contributed by atoms with Crippen LogP contribution in [0.4, 0.5) is 5.69 Å². The molecule has 0 amide bonds. The summed E-state index contributed by atoms with van der Waals surface area (Å²) in [6.07, 6.45) is 2.48. The minimum Gasteiger partial charge on any atom is -0.473 e.